The molecule has 0 aliphatic rings. The first-order valence-electron chi connectivity index (χ1n) is 10.1. The second kappa shape index (κ2) is 11.9. The second-order valence-corrected chi connectivity index (χ2v) is 7.99. The predicted octanol–water partition coefficient (Wildman–Crippen LogP) is 3.68. The molecule has 3 aromatic rings. The van der Waals surface area contributed by atoms with Gasteiger partial charge in [0.2, 0.25) is 0 Å². The Labute approximate surface area is 191 Å². The van der Waals surface area contributed by atoms with Gasteiger partial charge in [0, 0.05) is 11.8 Å². The van der Waals surface area contributed by atoms with Crippen LogP contribution in [-0.2, 0) is 11.4 Å². The molecule has 2 amide bonds. The van der Waals surface area contributed by atoms with Gasteiger partial charge in [0.1, 0.15) is 18.4 Å². The maximum atomic E-state index is 13.1. The molecule has 3 rings (SSSR count). The minimum Gasteiger partial charge on any atom is -0.487 e. The first-order valence-corrected chi connectivity index (χ1v) is 11.5. The molecular weight excluding hydrogens is 426 g/mol. The number of pyridine rings is 1. The van der Waals surface area contributed by atoms with Crippen LogP contribution in [0.5, 0.6) is 5.75 Å². The summed E-state index contributed by atoms with van der Waals surface area (Å²) in [5.41, 5.74) is 4.55. The van der Waals surface area contributed by atoms with E-state index in [4.69, 9.17) is 9.94 Å². The van der Waals surface area contributed by atoms with E-state index < -0.39 is 17.9 Å². The summed E-state index contributed by atoms with van der Waals surface area (Å²) in [6.07, 6.45) is 5.63. The lowest BCUT2D eigenvalue weighted by Crippen LogP contribution is -2.46. The number of benzene rings is 2. The first kappa shape index (κ1) is 23.3. The number of carbonyl (C=O) groups excluding carboxylic acids is 2. The maximum absolute atomic E-state index is 13.1. The lowest BCUT2D eigenvalue weighted by atomic mass is 9.96. The molecule has 0 unspecified atom stereocenters. The van der Waals surface area contributed by atoms with Gasteiger partial charge in [-0.25, -0.2) is 5.48 Å². The topological polar surface area (TPSA) is 101 Å². The number of thioether (sulfide) groups is 1. The zero-order valence-electron chi connectivity index (χ0n) is 17.7. The van der Waals surface area contributed by atoms with E-state index in [1.807, 2.05) is 54.8 Å². The molecule has 0 fully saturated rings. The van der Waals surface area contributed by atoms with Crippen molar-refractivity contribution in [3.63, 3.8) is 0 Å². The van der Waals surface area contributed by atoms with E-state index in [9.17, 15) is 9.59 Å². The Hall–Kier alpha value is -3.36. The highest BCUT2D eigenvalue weighted by atomic mass is 32.2. The molecule has 0 radical (unpaired) electrons. The number of aromatic nitrogens is 1. The molecule has 7 nitrogen and oxygen atoms in total. The number of nitrogens with zero attached hydrogens (tertiary/aromatic N) is 1. The van der Waals surface area contributed by atoms with Crippen LogP contribution in [0.25, 0.3) is 11.1 Å². The van der Waals surface area contributed by atoms with Gasteiger partial charge in [-0.05, 0) is 59.4 Å². The van der Waals surface area contributed by atoms with Gasteiger partial charge in [0.15, 0.2) is 0 Å². The molecule has 32 heavy (non-hydrogen) atoms. The summed E-state index contributed by atoms with van der Waals surface area (Å²) in [6, 6.07) is 17.8. The van der Waals surface area contributed by atoms with E-state index in [-0.39, 0.29) is 0 Å². The fourth-order valence-corrected chi connectivity index (χ4v) is 3.62. The van der Waals surface area contributed by atoms with Crippen molar-refractivity contribution in [1.82, 2.24) is 15.8 Å². The summed E-state index contributed by atoms with van der Waals surface area (Å²) in [6.45, 7) is 0.316. The SMILES string of the molecule is CSCC[C@H](NC(=O)c1ccc(COc2cccnc2)cc1-c1ccccc1)C(=O)NO. The van der Waals surface area contributed by atoms with Crippen LogP contribution in [-0.4, -0.2) is 40.1 Å². The van der Waals surface area contributed by atoms with Crippen LogP contribution in [0.3, 0.4) is 0 Å². The van der Waals surface area contributed by atoms with Gasteiger partial charge in [-0.1, -0.05) is 36.4 Å². The Bertz CT molecular complexity index is 1030. The normalized spacial score (nSPS) is 11.4. The molecular formula is C24H25N3O4S. The number of ether oxygens (including phenoxy) is 1. The van der Waals surface area contributed by atoms with Crippen LogP contribution >= 0.6 is 11.8 Å². The molecule has 166 valence electrons. The number of hydroxylamine groups is 1. The molecule has 0 bridgehead atoms. The summed E-state index contributed by atoms with van der Waals surface area (Å²) in [5, 5.41) is 11.8. The van der Waals surface area contributed by atoms with Gasteiger partial charge in [-0.2, -0.15) is 11.8 Å². The van der Waals surface area contributed by atoms with Gasteiger partial charge < -0.3 is 10.1 Å². The van der Waals surface area contributed by atoms with Gasteiger partial charge in [-0.3, -0.25) is 19.8 Å². The molecule has 2 aromatic carbocycles. The molecule has 8 heteroatoms. The van der Waals surface area contributed by atoms with Crippen LogP contribution in [0.15, 0.2) is 73.1 Å². The summed E-state index contributed by atoms with van der Waals surface area (Å²) < 4.78 is 5.79. The third-order valence-corrected chi connectivity index (χ3v) is 5.44. The second-order valence-electron chi connectivity index (χ2n) is 7.01. The first-order chi connectivity index (χ1) is 15.6. The van der Waals surface area contributed by atoms with Crippen LogP contribution < -0.4 is 15.5 Å². The van der Waals surface area contributed by atoms with E-state index in [0.29, 0.717) is 30.1 Å². The van der Waals surface area contributed by atoms with Gasteiger partial charge >= 0.3 is 0 Å². The average Bonchev–Trinajstić information content (AvgIpc) is 2.85. The van der Waals surface area contributed by atoms with E-state index in [0.717, 1.165) is 16.7 Å². The Morgan fingerprint density at radius 2 is 1.94 bits per heavy atom. The van der Waals surface area contributed by atoms with Crippen molar-refractivity contribution in [3.8, 4) is 16.9 Å². The summed E-state index contributed by atoms with van der Waals surface area (Å²) in [7, 11) is 0. The van der Waals surface area contributed by atoms with Crippen LogP contribution in [0.4, 0.5) is 0 Å². The van der Waals surface area contributed by atoms with Crippen molar-refractivity contribution >= 4 is 23.6 Å². The number of hydrogen-bond acceptors (Lipinski definition) is 6. The van der Waals surface area contributed by atoms with Crippen molar-refractivity contribution in [2.75, 3.05) is 12.0 Å². The lowest BCUT2D eigenvalue weighted by molar-refractivity contribution is -0.131. The van der Waals surface area contributed by atoms with Crippen LogP contribution in [0, 0.1) is 0 Å². The molecule has 0 aliphatic carbocycles. The van der Waals surface area contributed by atoms with Crippen LogP contribution in [0.2, 0.25) is 0 Å². The third kappa shape index (κ3) is 6.32. The van der Waals surface area contributed by atoms with E-state index >= 15 is 0 Å². The van der Waals surface area contributed by atoms with E-state index in [1.165, 1.54) is 0 Å². The fraction of sp³-hybridized carbons (Fsp3) is 0.208. The average molecular weight is 452 g/mol. The third-order valence-electron chi connectivity index (χ3n) is 4.80. The highest BCUT2D eigenvalue weighted by Gasteiger charge is 2.22. The smallest absolute Gasteiger partial charge is 0.265 e. The summed E-state index contributed by atoms with van der Waals surface area (Å²) >= 11 is 1.56. The minimum absolute atomic E-state index is 0.316. The van der Waals surface area contributed by atoms with E-state index in [1.54, 1.807) is 41.8 Å². The molecule has 0 saturated carbocycles. The largest absolute Gasteiger partial charge is 0.487 e. The van der Waals surface area contributed by atoms with Crippen molar-refractivity contribution in [2.24, 2.45) is 0 Å². The van der Waals surface area contributed by atoms with Crippen molar-refractivity contribution < 1.29 is 19.5 Å². The van der Waals surface area contributed by atoms with Crippen molar-refractivity contribution in [3.05, 3.63) is 84.2 Å². The highest BCUT2D eigenvalue weighted by molar-refractivity contribution is 7.98. The predicted molar refractivity (Wildman–Crippen MR) is 125 cm³/mol. The molecule has 1 atom stereocenters. The number of carbonyl (C=O) groups is 2. The summed E-state index contributed by atoms with van der Waals surface area (Å²) in [5.74, 6) is 0.282. The van der Waals surface area contributed by atoms with E-state index in [2.05, 4.69) is 10.3 Å². The molecule has 0 spiro atoms. The molecule has 0 aliphatic heterocycles. The minimum atomic E-state index is -0.836. The molecule has 1 aromatic heterocycles. The lowest BCUT2D eigenvalue weighted by Gasteiger charge is -2.18. The zero-order valence-corrected chi connectivity index (χ0v) is 18.5. The number of hydrogen-bond donors (Lipinski definition) is 3. The standard InChI is InChI=1S/C24H25N3O4S/c1-32-13-11-22(24(29)27-30)26-23(28)20-10-9-17(16-31-19-8-5-12-25-15-19)14-21(20)18-6-3-2-4-7-18/h2-10,12,14-15,22,30H,11,13,16H2,1H3,(H,26,28)(H,27,29)/t22-/m0/s1. The van der Waals surface area contributed by atoms with Crippen molar-refractivity contribution in [1.29, 1.82) is 0 Å². The van der Waals surface area contributed by atoms with Gasteiger partial charge in [0.25, 0.3) is 11.8 Å². The molecule has 1 heterocycles. The Balaban J connectivity index is 1.86. The zero-order chi connectivity index (χ0) is 22.8. The van der Waals surface area contributed by atoms with Crippen LogP contribution in [0.1, 0.15) is 22.3 Å². The number of amides is 2. The van der Waals surface area contributed by atoms with Gasteiger partial charge in [0.05, 0.1) is 6.20 Å². The molecule has 3 N–H and O–H groups in total. The summed E-state index contributed by atoms with van der Waals surface area (Å²) in [4.78, 5) is 29.2. The Kier molecular flexibility index (Phi) is 8.65. The molecule has 0 saturated heterocycles. The van der Waals surface area contributed by atoms with Crippen molar-refractivity contribution in [2.45, 2.75) is 19.1 Å². The number of rotatable bonds is 10. The maximum Gasteiger partial charge on any atom is 0.265 e. The fourth-order valence-electron chi connectivity index (χ4n) is 3.15. The quantitative estimate of drug-likeness (QED) is 0.321. The Morgan fingerprint density at radius 1 is 1.12 bits per heavy atom. The monoisotopic (exact) mass is 451 g/mol. The number of nitrogens with one attached hydrogen (secondary N) is 2. The Morgan fingerprint density at radius 3 is 2.62 bits per heavy atom. The van der Waals surface area contributed by atoms with Gasteiger partial charge in [-0.15, -0.1) is 0 Å². The highest BCUT2D eigenvalue weighted by Crippen LogP contribution is 2.26.